The molecule has 1 amide bonds. The Bertz CT molecular complexity index is 1160. The van der Waals surface area contributed by atoms with Gasteiger partial charge in [0.15, 0.2) is 12.6 Å². The van der Waals surface area contributed by atoms with Crippen molar-refractivity contribution in [2.45, 2.75) is 293 Å². The van der Waals surface area contributed by atoms with E-state index in [-0.39, 0.29) is 18.9 Å². The standard InChI is InChI=1S/C52H99NO13/c1-3-5-7-9-11-13-15-17-18-19-20-21-22-24-26-28-30-32-34-36-44(57)53-40(41(56)35-33-31-29-27-25-23-16-14-12-10-8-6-4-2)39-63-51-49(62)47(60)50(43(38-55)65-51)66-52-48(61)46(59)45(58)42(37-54)64-52/h33,35,40-43,45-52,54-56,58-62H,3-32,34,36-39H2,1-2H3,(H,53,57)/t40-,41+,42+,43+,45-,46-,47+,48+,49+,50+,51+,52-/m0/s1. The van der Waals surface area contributed by atoms with E-state index in [0.29, 0.717) is 6.42 Å². The first-order chi connectivity index (χ1) is 32.1. The van der Waals surface area contributed by atoms with Gasteiger partial charge in [-0.1, -0.05) is 206 Å². The van der Waals surface area contributed by atoms with E-state index in [2.05, 4.69) is 19.2 Å². The Kier molecular flexibility index (Phi) is 36.4. The number of rotatable bonds is 42. The molecule has 0 spiro atoms. The summed E-state index contributed by atoms with van der Waals surface area (Å²) in [6.07, 6.45) is 25.3. The Morgan fingerprint density at radius 3 is 1.39 bits per heavy atom. The van der Waals surface area contributed by atoms with Gasteiger partial charge in [0.25, 0.3) is 0 Å². The molecule has 2 saturated heterocycles. The maximum absolute atomic E-state index is 13.2. The van der Waals surface area contributed by atoms with Gasteiger partial charge in [0.05, 0.1) is 32.0 Å². The van der Waals surface area contributed by atoms with Crippen molar-refractivity contribution in [3.63, 3.8) is 0 Å². The van der Waals surface area contributed by atoms with Crippen LogP contribution in [0.1, 0.15) is 219 Å². The molecule has 2 aliphatic heterocycles. The molecule has 0 aromatic rings. The summed E-state index contributed by atoms with van der Waals surface area (Å²) in [6, 6.07) is -0.907. The van der Waals surface area contributed by atoms with Crippen molar-refractivity contribution in [1.82, 2.24) is 5.32 Å². The first-order valence-electron chi connectivity index (χ1n) is 26.9. The van der Waals surface area contributed by atoms with Gasteiger partial charge in [0.1, 0.15) is 48.8 Å². The number of hydrogen-bond donors (Lipinski definition) is 9. The Balaban J connectivity index is 1.80. The van der Waals surface area contributed by atoms with Crippen LogP contribution in [0, 0.1) is 0 Å². The molecule has 2 rings (SSSR count). The lowest BCUT2D eigenvalue weighted by molar-refractivity contribution is -0.359. The third kappa shape index (κ3) is 26.1. The summed E-state index contributed by atoms with van der Waals surface area (Å²) in [5.41, 5.74) is 0. The smallest absolute Gasteiger partial charge is 0.220 e. The highest BCUT2D eigenvalue weighted by Gasteiger charge is 2.51. The second kappa shape index (κ2) is 39.5. The molecule has 2 fully saturated rings. The van der Waals surface area contributed by atoms with Crippen molar-refractivity contribution in [2.24, 2.45) is 0 Å². The van der Waals surface area contributed by atoms with Crippen LogP contribution in [0.2, 0.25) is 0 Å². The van der Waals surface area contributed by atoms with Gasteiger partial charge in [0, 0.05) is 6.42 Å². The predicted molar refractivity (Wildman–Crippen MR) is 259 cm³/mol. The van der Waals surface area contributed by atoms with Crippen molar-refractivity contribution in [1.29, 1.82) is 0 Å². The second-order valence-corrected chi connectivity index (χ2v) is 19.4. The summed E-state index contributed by atoms with van der Waals surface area (Å²) in [6.45, 7) is 2.80. The monoisotopic (exact) mass is 946 g/mol. The number of aliphatic hydroxyl groups is 8. The Hall–Kier alpha value is -1.27. The highest BCUT2D eigenvalue weighted by atomic mass is 16.7. The molecular formula is C52H99NO13. The zero-order valence-corrected chi connectivity index (χ0v) is 41.5. The number of nitrogens with one attached hydrogen (secondary N) is 1. The average Bonchev–Trinajstić information content (AvgIpc) is 3.31. The normalized spacial score (nSPS) is 26.8. The SMILES string of the molecule is CCCCCCCCCCCCCC=C[C@@H](O)[C@H](CO[C@@H]1O[C@H](CO)[C@@H](O[C@@H]2O[C@H](CO)[C@H](O)[C@H](O)[C@H]2O)[C@H](O)[C@H]1O)NC(=O)CCCCCCCCCCCCCCCCCCCCC. The first kappa shape index (κ1) is 60.9. The van der Waals surface area contributed by atoms with E-state index in [1.165, 1.54) is 154 Å². The number of carbonyl (C=O) groups is 1. The van der Waals surface area contributed by atoms with Crippen molar-refractivity contribution >= 4 is 5.91 Å². The summed E-state index contributed by atoms with van der Waals surface area (Å²) in [5.74, 6) is -0.236. The number of allylic oxidation sites excluding steroid dienone is 1. The van der Waals surface area contributed by atoms with E-state index in [9.17, 15) is 45.6 Å². The number of aliphatic hydroxyl groups excluding tert-OH is 8. The quantitative estimate of drug-likeness (QED) is 0.0213. The third-order valence-electron chi connectivity index (χ3n) is 13.5. The van der Waals surface area contributed by atoms with Gasteiger partial charge >= 0.3 is 0 Å². The molecule has 390 valence electrons. The van der Waals surface area contributed by atoms with Gasteiger partial charge in [0.2, 0.25) is 5.91 Å². The fraction of sp³-hybridized carbons (Fsp3) is 0.942. The van der Waals surface area contributed by atoms with Gasteiger partial charge < -0.3 is 65.1 Å². The van der Waals surface area contributed by atoms with Gasteiger partial charge in [-0.15, -0.1) is 0 Å². The van der Waals surface area contributed by atoms with Crippen LogP contribution in [0.5, 0.6) is 0 Å². The maximum atomic E-state index is 13.2. The molecule has 66 heavy (non-hydrogen) atoms. The van der Waals surface area contributed by atoms with Gasteiger partial charge in [-0.3, -0.25) is 4.79 Å². The lowest BCUT2D eigenvalue weighted by Crippen LogP contribution is -2.65. The van der Waals surface area contributed by atoms with Crippen molar-refractivity contribution in [2.75, 3.05) is 19.8 Å². The number of amides is 1. The zero-order chi connectivity index (χ0) is 48.2. The molecule has 0 aliphatic carbocycles. The topological polar surface area (TPSA) is 228 Å². The molecule has 2 heterocycles. The van der Waals surface area contributed by atoms with E-state index in [1.54, 1.807) is 6.08 Å². The van der Waals surface area contributed by atoms with Crippen LogP contribution in [0.4, 0.5) is 0 Å². The summed E-state index contributed by atoms with van der Waals surface area (Å²) < 4.78 is 22.7. The van der Waals surface area contributed by atoms with Crippen molar-refractivity contribution in [3.8, 4) is 0 Å². The van der Waals surface area contributed by atoms with Crippen LogP contribution in [0.15, 0.2) is 12.2 Å². The molecule has 0 radical (unpaired) electrons. The number of hydrogen-bond acceptors (Lipinski definition) is 13. The fourth-order valence-electron chi connectivity index (χ4n) is 9.06. The van der Waals surface area contributed by atoms with Crippen LogP contribution >= 0.6 is 0 Å². The molecule has 0 saturated carbocycles. The highest BCUT2D eigenvalue weighted by Crippen LogP contribution is 2.30. The molecule has 2 aliphatic rings. The van der Waals surface area contributed by atoms with Gasteiger partial charge in [-0.05, 0) is 19.3 Å². The number of unbranched alkanes of at least 4 members (excludes halogenated alkanes) is 29. The summed E-state index contributed by atoms with van der Waals surface area (Å²) in [5, 5.41) is 86.8. The maximum Gasteiger partial charge on any atom is 0.220 e. The molecule has 9 N–H and O–H groups in total. The van der Waals surface area contributed by atoms with E-state index in [4.69, 9.17) is 18.9 Å². The Labute approximate surface area is 399 Å². The van der Waals surface area contributed by atoms with Crippen LogP contribution in [-0.4, -0.2) is 140 Å². The summed E-state index contributed by atoms with van der Waals surface area (Å²) in [7, 11) is 0. The minimum atomic E-state index is -1.78. The van der Waals surface area contributed by atoms with Crippen molar-refractivity contribution in [3.05, 3.63) is 12.2 Å². The number of carbonyl (C=O) groups excluding carboxylic acids is 1. The largest absolute Gasteiger partial charge is 0.394 e. The van der Waals surface area contributed by atoms with E-state index >= 15 is 0 Å². The molecule has 0 aromatic heterocycles. The molecule has 0 bridgehead atoms. The van der Waals surface area contributed by atoms with E-state index in [0.717, 1.165) is 38.5 Å². The van der Waals surface area contributed by atoms with E-state index < -0.39 is 86.8 Å². The van der Waals surface area contributed by atoms with Crippen LogP contribution in [0.3, 0.4) is 0 Å². The summed E-state index contributed by atoms with van der Waals surface area (Å²) >= 11 is 0. The van der Waals surface area contributed by atoms with Crippen molar-refractivity contribution < 1.29 is 64.6 Å². The number of ether oxygens (including phenoxy) is 4. The average molecular weight is 946 g/mol. The molecule has 14 nitrogen and oxygen atoms in total. The Morgan fingerprint density at radius 2 is 0.939 bits per heavy atom. The molecule has 0 aromatic carbocycles. The van der Waals surface area contributed by atoms with Crippen LogP contribution in [-0.2, 0) is 23.7 Å². The zero-order valence-electron chi connectivity index (χ0n) is 41.5. The minimum absolute atomic E-state index is 0.236. The lowest BCUT2D eigenvalue weighted by Gasteiger charge is -2.46. The van der Waals surface area contributed by atoms with Crippen LogP contribution in [0.25, 0.3) is 0 Å². The highest BCUT2D eigenvalue weighted by molar-refractivity contribution is 5.76. The summed E-state index contributed by atoms with van der Waals surface area (Å²) in [4.78, 5) is 13.2. The minimum Gasteiger partial charge on any atom is -0.394 e. The molecule has 12 atom stereocenters. The molecule has 14 heteroatoms. The third-order valence-corrected chi connectivity index (χ3v) is 13.5. The lowest BCUT2D eigenvalue weighted by atomic mass is 9.97. The predicted octanol–water partition coefficient (Wildman–Crippen LogP) is 7.55. The first-order valence-corrected chi connectivity index (χ1v) is 26.9. The molecule has 0 unspecified atom stereocenters. The fourth-order valence-corrected chi connectivity index (χ4v) is 9.06. The Morgan fingerprint density at radius 1 is 0.530 bits per heavy atom. The van der Waals surface area contributed by atoms with Gasteiger partial charge in [-0.25, -0.2) is 0 Å². The molecular weight excluding hydrogens is 847 g/mol. The second-order valence-electron chi connectivity index (χ2n) is 19.4. The van der Waals surface area contributed by atoms with Crippen LogP contribution < -0.4 is 5.32 Å². The van der Waals surface area contributed by atoms with E-state index in [1.807, 2.05) is 6.08 Å². The van der Waals surface area contributed by atoms with Gasteiger partial charge in [-0.2, -0.15) is 0 Å².